The molecule has 1 aliphatic heterocycles. The molecule has 2 aromatic rings. The minimum atomic E-state index is 0. The summed E-state index contributed by atoms with van der Waals surface area (Å²) in [4.78, 5) is 9.06. The lowest BCUT2D eigenvalue weighted by Crippen LogP contribution is -2.37. The molecule has 1 aliphatic rings. The molecule has 32 heavy (non-hydrogen) atoms. The summed E-state index contributed by atoms with van der Waals surface area (Å²) in [6, 6.07) is 6.35. The van der Waals surface area contributed by atoms with E-state index >= 15 is 0 Å². The molecule has 178 valence electrons. The molecular weight excluding hydrogens is 517 g/mol. The molecule has 0 amide bonds. The van der Waals surface area contributed by atoms with Crippen molar-refractivity contribution >= 4 is 29.9 Å². The topological polar surface area (TPSA) is 72.7 Å². The molecule has 0 bridgehead atoms. The Hall–Kier alpha value is -1.81. The van der Waals surface area contributed by atoms with Gasteiger partial charge in [-0.05, 0) is 51.7 Å². The zero-order chi connectivity index (χ0) is 21.9. The SMILES string of the molecule is CCNC(=NCc1ccc(C)cc1OCC1CCOC1)NCCCCn1ccnc1C.I. The Morgan fingerprint density at radius 3 is 2.88 bits per heavy atom. The summed E-state index contributed by atoms with van der Waals surface area (Å²) in [6.45, 7) is 11.9. The summed E-state index contributed by atoms with van der Waals surface area (Å²) in [6.07, 6.45) is 7.15. The van der Waals surface area contributed by atoms with Gasteiger partial charge >= 0.3 is 0 Å². The van der Waals surface area contributed by atoms with Gasteiger partial charge in [0.25, 0.3) is 0 Å². The van der Waals surface area contributed by atoms with Gasteiger partial charge in [0.2, 0.25) is 0 Å². The van der Waals surface area contributed by atoms with Crippen LogP contribution in [0.5, 0.6) is 5.75 Å². The highest BCUT2D eigenvalue weighted by Gasteiger charge is 2.17. The molecule has 8 heteroatoms. The number of aliphatic imine (C=N–C) groups is 1. The van der Waals surface area contributed by atoms with E-state index in [1.807, 2.05) is 19.3 Å². The third-order valence-corrected chi connectivity index (χ3v) is 5.51. The van der Waals surface area contributed by atoms with E-state index in [-0.39, 0.29) is 24.0 Å². The van der Waals surface area contributed by atoms with E-state index in [9.17, 15) is 0 Å². The quantitative estimate of drug-likeness (QED) is 0.189. The van der Waals surface area contributed by atoms with Crippen LogP contribution >= 0.6 is 24.0 Å². The largest absolute Gasteiger partial charge is 0.493 e. The van der Waals surface area contributed by atoms with Gasteiger partial charge in [0, 0.05) is 50.1 Å². The minimum Gasteiger partial charge on any atom is -0.493 e. The molecule has 1 aromatic heterocycles. The van der Waals surface area contributed by atoms with Crippen LogP contribution in [0.1, 0.15) is 43.1 Å². The summed E-state index contributed by atoms with van der Waals surface area (Å²) >= 11 is 0. The maximum Gasteiger partial charge on any atom is 0.191 e. The maximum atomic E-state index is 6.15. The Balaban J connectivity index is 0.00000363. The molecule has 2 N–H and O–H groups in total. The predicted molar refractivity (Wildman–Crippen MR) is 140 cm³/mol. The van der Waals surface area contributed by atoms with Gasteiger partial charge in [-0.15, -0.1) is 24.0 Å². The van der Waals surface area contributed by atoms with Gasteiger partial charge in [-0.2, -0.15) is 0 Å². The number of nitrogens with one attached hydrogen (secondary N) is 2. The number of nitrogens with zero attached hydrogens (tertiary/aromatic N) is 3. The number of ether oxygens (including phenoxy) is 2. The fourth-order valence-electron chi connectivity index (χ4n) is 3.61. The van der Waals surface area contributed by atoms with Crippen LogP contribution < -0.4 is 15.4 Å². The lowest BCUT2D eigenvalue weighted by molar-refractivity contribution is 0.166. The van der Waals surface area contributed by atoms with Crippen molar-refractivity contribution in [1.82, 2.24) is 20.2 Å². The van der Waals surface area contributed by atoms with Crippen LogP contribution in [0.4, 0.5) is 0 Å². The molecule has 3 rings (SSSR count). The Labute approximate surface area is 209 Å². The van der Waals surface area contributed by atoms with Gasteiger partial charge in [0.1, 0.15) is 11.6 Å². The third-order valence-electron chi connectivity index (χ3n) is 5.51. The highest BCUT2D eigenvalue weighted by molar-refractivity contribution is 14.0. The van der Waals surface area contributed by atoms with Crippen LogP contribution in [-0.4, -0.2) is 48.4 Å². The van der Waals surface area contributed by atoms with Crippen molar-refractivity contribution in [2.75, 3.05) is 32.9 Å². The number of aryl methyl sites for hydroxylation is 3. The summed E-state index contributed by atoms with van der Waals surface area (Å²) in [5, 5.41) is 6.79. The number of hydrogen-bond donors (Lipinski definition) is 2. The lowest BCUT2D eigenvalue weighted by Gasteiger charge is -2.15. The van der Waals surface area contributed by atoms with Crippen LogP contribution in [0.15, 0.2) is 35.6 Å². The van der Waals surface area contributed by atoms with Crippen LogP contribution in [0, 0.1) is 19.8 Å². The van der Waals surface area contributed by atoms with Crippen molar-refractivity contribution in [3.05, 3.63) is 47.5 Å². The van der Waals surface area contributed by atoms with E-state index in [2.05, 4.69) is 52.2 Å². The first kappa shape index (κ1) is 26.4. The second-order valence-corrected chi connectivity index (χ2v) is 8.15. The van der Waals surface area contributed by atoms with Crippen LogP contribution in [0.2, 0.25) is 0 Å². The van der Waals surface area contributed by atoms with Crippen molar-refractivity contribution in [2.24, 2.45) is 10.9 Å². The van der Waals surface area contributed by atoms with Gasteiger partial charge in [-0.25, -0.2) is 9.98 Å². The Morgan fingerprint density at radius 2 is 2.16 bits per heavy atom. The van der Waals surface area contributed by atoms with Crippen molar-refractivity contribution < 1.29 is 9.47 Å². The molecule has 0 spiro atoms. The molecule has 1 aromatic carbocycles. The lowest BCUT2D eigenvalue weighted by atomic mass is 10.1. The third kappa shape index (κ3) is 8.61. The van der Waals surface area contributed by atoms with Crippen molar-refractivity contribution in [1.29, 1.82) is 0 Å². The van der Waals surface area contributed by atoms with E-state index in [4.69, 9.17) is 14.5 Å². The van der Waals surface area contributed by atoms with Crippen LogP contribution in [0.25, 0.3) is 0 Å². The van der Waals surface area contributed by atoms with Gasteiger partial charge in [-0.1, -0.05) is 12.1 Å². The second-order valence-electron chi connectivity index (χ2n) is 8.15. The maximum absolute atomic E-state index is 6.15. The zero-order valence-corrected chi connectivity index (χ0v) is 21.9. The molecule has 1 fully saturated rings. The fraction of sp³-hybridized carbons (Fsp3) is 0.583. The average molecular weight is 556 g/mol. The Bertz CT molecular complexity index is 834. The van der Waals surface area contributed by atoms with E-state index < -0.39 is 0 Å². The summed E-state index contributed by atoms with van der Waals surface area (Å²) in [5.74, 6) is 3.33. The molecule has 1 atom stereocenters. The molecule has 7 nitrogen and oxygen atoms in total. The van der Waals surface area contributed by atoms with Crippen LogP contribution in [0.3, 0.4) is 0 Å². The molecule has 0 saturated carbocycles. The first-order valence-corrected chi connectivity index (χ1v) is 11.5. The highest BCUT2D eigenvalue weighted by Crippen LogP contribution is 2.23. The number of aromatic nitrogens is 2. The van der Waals surface area contributed by atoms with Gasteiger partial charge in [0.15, 0.2) is 5.96 Å². The Kier molecular flexibility index (Phi) is 11.9. The van der Waals surface area contributed by atoms with Crippen molar-refractivity contribution in [2.45, 2.75) is 53.1 Å². The summed E-state index contributed by atoms with van der Waals surface area (Å²) in [7, 11) is 0. The molecular formula is C24H38IN5O2. The van der Waals surface area contributed by atoms with E-state index in [1.54, 1.807) is 0 Å². The van der Waals surface area contributed by atoms with Gasteiger partial charge in [-0.3, -0.25) is 0 Å². The second kappa shape index (κ2) is 14.4. The van der Waals surface area contributed by atoms with Crippen molar-refractivity contribution in [3.63, 3.8) is 0 Å². The number of unbranched alkanes of at least 4 members (excludes halogenated alkanes) is 1. The number of hydrogen-bond acceptors (Lipinski definition) is 4. The standard InChI is InChI=1S/C24H37N5O2.HI/c1-4-25-24(27-10-5-6-12-29-13-11-26-20(29)3)28-16-22-8-7-19(2)15-23(22)31-18-21-9-14-30-17-21;/h7-8,11,13,15,21H,4-6,9-10,12,14,16-18H2,1-3H3,(H2,25,27,28);1H. The monoisotopic (exact) mass is 555 g/mol. The number of guanidine groups is 1. The normalized spacial score (nSPS) is 16.0. The van der Waals surface area contributed by atoms with Gasteiger partial charge in [0.05, 0.1) is 19.8 Å². The number of halogens is 1. The fourth-order valence-corrected chi connectivity index (χ4v) is 3.61. The highest BCUT2D eigenvalue weighted by atomic mass is 127. The van der Waals surface area contributed by atoms with Gasteiger partial charge < -0.3 is 24.7 Å². The number of rotatable bonds is 11. The minimum absolute atomic E-state index is 0. The molecule has 0 radical (unpaired) electrons. The molecule has 0 aliphatic carbocycles. The molecule has 1 unspecified atom stereocenters. The van der Waals surface area contributed by atoms with E-state index in [0.29, 0.717) is 19.1 Å². The van der Waals surface area contributed by atoms with E-state index in [1.165, 1.54) is 5.56 Å². The Morgan fingerprint density at radius 1 is 1.28 bits per heavy atom. The predicted octanol–water partition coefficient (Wildman–Crippen LogP) is 4.07. The van der Waals surface area contributed by atoms with Crippen LogP contribution in [-0.2, 0) is 17.8 Å². The molecule has 2 heterocycles. The first-order chi connectivity index (χ1) is 15.2. The number of imidazole rings is 1. The average Bonchev–Trinajstić information content (AvgIpc) is 3.43. The summed E-state index contributed by atoms with van der Waals surface area (Å²) in [5.41, 5.74) is 2.31. The molecule has 1 saturated heterocycles. The number of benzene rings is 1. The van der Waals surface area contributed by atoms with Crippen molar-refractivity contribution in [3.8, 4) is 5.75 Å². The van der Waals surface area contributed by atoms with E-state index in [0.717, 1.165) is 75.2 Å². The smallest absolute Gasteiger partial charge is 0.191 e. The first-order valence-electron chi connectivity index (χ1n) is 11.5. The summed E-state index contributed by atoms with van der Waals surface area (Å²) < 4.78 is 13.8. The zero-order valence-electron chi connectivity index (χ0n) is 19.6.